The van der Waals surface area contributed by atoms with Gasteiger partial charge in [0.25, 0.3) is 0 Å². The Morgan fingerprint density at radius 3 is 2.68 bits per heavy atom. The number of guanidine groups is 1. The predicted molar refractivity (Wildman–Crippen MR) is 125 cm³/mol. The Bertz CT molecular complexity index is 910. The Hall–Kier alpha value is -3.02. The summed E-state index contributed by atoms with van der Waals surface area (Å²) in [4.78, 5) is 18.7. The van der Waals surface area contributed by atoms with E-state index in [1.165, 1.54) is 11.1 Å². The van der Waals surface area contributed by atoms with Crippen molar-refractivity contribution in [2.45, 2.75) is 46.2 Å². The second kappa shape index (κ2) is 11.4. The van der Waals surface area contributed by atoms with Gasteiger partial charge in [-0.1, -0.05) is 36.4 Å². The monoisotopic (exact) mass is 422 g/mol. The Morgan fingerprint density at radius 2 is 1.97 bits per heavy atom. The third-order valence-corrected chi connectivity index (χ3v) is 5.58. The van der Waals surface area contributed by atoms with Gasteiger partial charge in [-0.25, -0.2) is 4.99 Å². The number of benzene rings is 2. The number of nitrogens with one attached hydrogen (secondary N) is 2. The molecule has 0 spiro atoms. The molecule has 2 aromatic rings. The van der Waals surface area contributed by atoms with Gasteiger partial charge in [-0.15, -0.1) is 0 Å². The molecule has 1 aliphatic heterocycles. The van der Waals surface area contributed by atoms with Gasteiger partial charge >= 0.3 is 0 Å². The van der Waals surface area contributed by atoms with Crippen molar-refractivity contribution in [2.24, 2.45) is 4.99 Å². The lowest BCUT2D eigenvalue weighted by Crippen LogP contribution is -2.38. The molecule has 1 aliphatic rings. The summed E-state index contributed by atoms with van der Waals surface area (Å²) >= 11 is 0. The van der Waals surface area contributed by atoms with Crippen LogP contribution in [-0.4, -0.2) is 43.5 Å². The molecule has 6 nitrogen and oxygen atoms in total. The second-order valence-corrected chi connectivity index (χ2v) is 7.86. The van der Waals surface area contributed by atoms with E-state index in [0.717, 1.165) is 55.3 Å². The van der Waals surface area contributed by atoms with Crippen LogP contribution in [0.1, 0.15) is 42.0 Å². The zero-order valence-electron chi connectivity index (χ0n) is 18.9. The summed E-state index contributed by atoms with van der Waals surface area (Å²) in [5, 5.41) is 6.74. The van der Waals surface area contributed by atoms with Crippen molar-refractivity contribution in [1.82, 2.24) is 15.5 Å². The summed E-state index contributed by atoms with van der Waals surface area (Å²) in [7, 11) is 1.71. The minimum Gasteiger partial charge on any atom is -0.496 e. The first kappa shape index (κ1) is 22.7. The van der Waals surface area contributed by atoms with E-state index in [1.807, 2.05) is 24.0 Å². The molecule has 0 aliphatic carbocycles. The third kappa shape index (κ3) is 6.48. The van der Waals surface area contributed by atoms with E-state index < -0.39 is 0 Å². The fourth-order valence-electron chi connectivity index (χ4n) is 3.79. The number of carbonyl (C=O) groups excluding carboxylic acids is 1. The van der Waals surface area contributed by atoms with E-state index in [4.69, 9.17) is 9.73 Å². The molecule has 2 aromatic carbocycles. The summed E-state index contributed by atoms with van der Waals surface area (Å²) in [5.74, 6) is 1.97. The van der Waals surface area contributed by atoms with E-state index in [1.54, 1.807) is 7.11 Å². The van der Waals surface area contributed by atoms with Gasteiger partial charge in [0.15, 0.2) is 5.96 Å². The van der Waals surface area contributed by atoms with Crippen molar-refractivity contribution in [1.29, 1.82) is 0 Å². The van der Waals surface area contributed by atoms with Crippen molar-refractivity contribution in [3.8, 4) is 5.75 Å². The first-order valence-corrected chi connectivity index (χ1v) is 11.1. The van der Waals surface area contributed by atoms with Gasteiger partial charge < -0.3 is 20.3 Å². The maximum atomic E-state index is 12.0. The number of aliphatic imine (C=N–C) groups is 1. The molecule has 0 unspecified atom stereocenters. The normalized spacial score (nSPS) is 14.1. The lowest BCUT2D eigenvalue weighted by Gasteiger charge is -2.18. The first-order chi connectivity index (χ1) is 15.1. The zero-order chi connectivity index (χ0) is 22.1. The highest BCUT2D eigenvalue weighted by Gasteiger charge is 2.20. The van der Waals surface area contributed by atoms with Crippen LogP contribution in [-0.2, 0) is 24.3 Å². The highest BCUT2D eigenvalue weighted by molar-refractivity contribution is 5.80. The van der Waals surface area contributed by atoms with Crippen LogP contribution in [0.2, 0.25) is 0 Å². The van der Waals surface area contributed by atoms with Crippen LogP contribution in [0.15, 0.2) is 47.5 Å². The highest BCUT2D eigenvalue weighted by Crippen LogP contribution is 2.19. The van der Waals surface area contributed by atoms with Gasteiger partial charge in [0.1, 0.15) is 5.75 Å². The maximum Gasteiger partial charge on any atom is 0.222 e. The van der Waals surface area contributed by atoms with Gasteiger partial charge in [-0.05, 0) is 55.0 Å². The first-order valence-electron chi connectivity index (χ1n) is 11.1. The van der Waals surface area contributed by atoms with Crippen molar-refractivity contribution in [3.05, 3.63) is 64.7 Å². The molecular formula is C25H34N4O2. The van der Waals surface area contributed by atoms with E-state index in [-0.39, 0.29) is 5.91 Å². The summed E-state index contributed by atoms with van der Waals surface area (Å²) in [6, 6.07) is 14.6. The topological polar surface area (TPSA) is 66.0 Å². The number of likely N-dealkylation sites (tertiary alicyclic amines) is 1. The molecule has 166 valence electrons. The highest BCUT2D eigenvalue weighted by atomic mass is 16.5. The van der Waals surface area contributed by atoms with E-state index in [0.29, 0.717) is 19.5 Å². The van der Waals surface area contributed by atoms with Gasteiger partial charge in [-0.3, -0.25) is 4.79 Å². The van der Waals surface area contributed by atoms with E-state index >= 15 is 0 Å². The van der Waals surface area contributed by atoms with Gasteiger partial charge in [0.2, 0.25) is 5.91 Å². The SMILES string of the molecule is CCNC(=NCc1ccccc1CN1CCCC1=O)NCCc1ccc(C)c(OC)c1. The van der Waals surface area contributed by atoms with Crippen molar-refractivity contribution in [2.75, 3.05) is 26.7 Å². The van der Waals surface area contributed by atoms with E-state index in [2.05, 4.69) is 47.9 Å². The number of hydrogen-bond donors (Lipinski definition) is 2. The van der Waals surface area contributed by atoms with Crippen molar-refractivity contribution < 1.29 is 9.53 Å². The Kier molecular flexibility index (Phi) is 8.33. The maximum absolute atomic E-state index is 12.0. The molecular weight excluding hydrogens is 388 g/mol. The number of methoxy groups -OCH3 is 1. The Morgan fingerprint density at radius 1 is 1.16 bits per heavy atom. The number of ether oxygens (including phenoxy) is 1. The van der Waals surface area contributed by atoms with Gasteiger partial charge in [-0.2, -0.15) is 0 Å². The third-order valence-electron chi connectivity index (χ3n) is 5.58. The van der Waals surface area contributed by atoms with Crippen molar-refractivity contribution in [3.63, 3.8) is 0 Å². The Balaban J connectivity index is 1.60. The average Bonchev–Trinajstić information content (AvgIpc) is 3.18. The number of rotatable bonds is 9. The minimum absolute atomic E-state index is 0.251. The number of aryl methyl sites for hydroxylation is 1. The number of amides is 1. The summed E-state index contributed by atoms with van der Waals surface area (Å²) in [6.45, 7) is 7.79. The van der Waals surface area contributed by atoms with Crippen LogP contribution in [0.5, 0.6) is 5.75 Å². The molecule has 0 atom stereocenters. The quantitative estimate of drug-likeness (QED) is 0.480. The minimum atomic E-state index is 0.251. The van der Waals surface area contributed by atoms with Crippen LogP contribution in [0.3, 0.4) is 0 Å². The molecule has 0 bridgehead atoms. The molecule has 31 heavy (non-hydrogen) atoms. The number of nitrogens with zero attached hydrogens (tertiary/aromatic N) is 2. The van der Waals surface area contributed by atoms with Crippen LogP contribution in [0.4, 0.5) is 0 Å². The number of hydrogen-bond acceptors (Lipinski definition) is 3. The van der Waals surface area contributed by atoms with Gasteiger partial charge in [0, 0.05) is 32.6 Å². The smallest absolute Gasteiger partial charge is 0.222 e. The molecule has 6 heteroatoms. The molecule has 2 N–H and O–H groups in total. The molecule has 1 heterocycles. The van der Waals surface area contributed by atoms with Gasteiger partial charge in [0.05, 0.1) is 13.7 Å². The van der Waals surface area contributed by atoms with Crippen LogP contribution < -0.4 is 15.4 Å². The molecule has 1 amide bonds. The Labute approximate surface area is 185 Å². The van der Waals surface area contributed by atoms with E-state index in [9.17, 15) is 4.79 Å². The molecule has 0 saturated carbocycles. The van der Waals surface area contributed by atoms with Crippen LogP contribution in [0.25, 0.3) is 0 Å². The van der Waals surface area contributed by atoms with Crippen LogP contribution >= 0.6 is 0 Å². The van der Waals surface area contributed by atoms with Crippen molar-refractivity contribution >= 4 is 11.9 Å². The largest absolute Gasteiger partial charge is 0.496 e. The van der Waals surface area contributed by atoms with Crippen LogP contribution in [0, 0.1) is 6.92 Å². The standard InChI is InChI=1S/C25H34N4O2/c1-4-26-25(27-14-13-20-12-11-19(2)23(16-20)31-3)28-17-21-8-5-6-9-22(21)18-29-15-7-10-24(29)30/h5-6,8-9,11-12,16H,4,7,10,13-15,17-18H2,1-3H3,(H2,26,27,28). The second-order valence-electron chi connectivity index (χ2n) is 7.86. The lowest BCUT2D eigenvalue weighted by molar-refractivity contribution is -0.128. The average molecular weight is 423 g/mol. The number of carbonyl (C=O) groups is 1. The predicted octanol–water partition coefficient (Wildman–Crippen LogP) is 3.42. The zero-order valence-corrected chi connectivity index (χ0v) is 18.9. The fourth-order valence-corrected chi connectivity index (χ4v) is 3.79. The molecule has 0 aromatic heterocycles. The molecule has 1 saturated heterocycles. The summed E-state index contributed by atoms with van der Waals surface area (Å²) in [6.07, 6.45) is 2.51. The summed E-state index contributed by atoms with van der Waals surface area (Å²) in [5.41, 5.74) is 4.70. The molecule has 3 rings (SSSR count). The molecule has 1 fully saturated rings. The lowest BCUT2D eigenvalue weighted by atomic mass is 10.1. The molecule has 0 radical (unpaired) electrons. The fraction of sp³-hybridized carbons (Fsp3) is 0.440. The summed E-state index contributed by atoms with van der Waals surface area (Å²) < 4.78 is 5.42.